The maximum atomic E-state index is 10.6. The first-order chi connectivity index (χ1) is 8.09. The first-order valence-corrected chi connectivity index (χ1v) is 14.3. The molecule has 0 heterocycles. The van der Waals surface area contributed by atoms with Crippen molar-refractivity contribution in [2.75, 3.05) is 0 Å². The molecule has 0 amide bonds. The van der Waals surface area contributed by atoms with Gasteiger partial charge in [0.25, 0.3) is 0 Å². The molecule has 101 valence electrons. The SMILES string of the molecule is O[P](S)([Mo])=S(C1CCCCC1)C1CCCCC1. The van der Waals surface area contributed by atoms with Gasteiger partial charge in [0.15, 0.2) is 0 Å². The van der Waals surface area contributed by atoms with E-state index in [1.165, 1.54) is 64.2 Å². The fourth-order valence-corrected chi connectivity index (χ4v) is 17.6. The van der Waals surface area contributed by atoms with Crippen LogP contribution in [0.15, 0.2) is 0 Å². The normalized spacial score (nSPS) is 28.2. The molecule has 2 fully saturated rings. The summed E-state index contributed by atoms with van der Waals surface area (Å²) in [6.07, 6.45) is 13.8. The average molecular weight is 375 g/mol. The molecule has 0 aromatic heterocycles. The van der Waals surface area contributed by atoms with Crippen molar-refractivity contribution < 1.29 is 24.2 Å². The Labute approximate surface area is 124 Å². The predicted molar refractivity (Wildman–Crippen MR) is 79.2 cm³/mol. The monoisotopic (exact) mass is 377 g/mol. The molecule has 1 N–H and O–H groups in total. The van der Waals surface area contributed by atoms with Crippen LogP contribution in [-0.2, 0) is 29.4 Å². The van der Waals surface area contributed by atoms with Crippen LogP contribution in [0.1, 0.15) is 64.2 Å². The molecule has 0 bridgehead atoms. The minimum atomic E-state index is -1.93. The van der Waals surface area contributed by atoms with Gasteiger partial charge in [-0.1, -0.05) is 0 Å². The second-order valence-corrected chi connectivity index (χ2v) is 21.7. The molecule has 2 aliphatic carbocycles. The second kappa shape index (κ2) is 6.98. The van der Waals surface area contributed by atoms with Gasteiger partial charge in [0, 0.05) is 0 Å². The van der Waals surface area contributed by atoms with Gasteiger partial charge in [-0.3, -0.25) is 0 Å². The fraction of sp³-hybridized carbons (Fsp3) is 1.00. The van der Waals surface area contributed by atoms with E-state index in [4.69, 9.17) is 0 Å². The first-order valence-electron chi connectivity index (χ1n) is 6.87. The predicted octanol–water partition coefficient (Wildman–Crippen LogP) is 4.42. The van der Waals surface area contributed by atoms with Crippen molar-refractivity contribution in [2.45, 2.75) is 74.7 Å². The number of hydrogen-bond acceptors (Lipinski definition) is 0. The fourth-order valence-electron chi connectivity index (χ4n) is 3.27. The zero-order valence-electron chi connectivity index (χ0n) is 10.4. The molecule has 0 spiro atoms. The summed E-state index contributed by atoms with van der Waals surface area (Å²) < 4.78 is -1.93. The van der Waals surface area contributed by atoms with Crippen molar-refractivity contribution in [3.8, 4) is 0 Å². The van der Waals surface area contributed by atoms with E-state index in [1.807, 2.05) is 19.3 Å². The first kappa shape index (κ1) is 15.2. The van der Waals surface area contributed by atoms with E-state index < -0.39 is 3.56 Å². The molecule has 0 aromatic carbocycles. The van der Waals surface area contributed by atoms with Crippen molar-refractivity contribution in [1.29, 1.82) is 0 Å². The van der Waals surface area contributed by atoms with Crippen molar-refractivity contribution in [3.63, 3.8) is 0 Å². The Morgan fingerprint density at radius 3 is 1.53 bits per heavy atom. The van der Waals surface area contributed by atoms with Crippen molar-refractivity contribution >= 4 is 25.9 Å². The number of rotatable bonds is 2. The van der Waals surface area contributed by atoms with Crippen LogP contribution in [0, 0.1) is 0 Å². The van der Waals surface area contributed by atoms with Crippen LogP contribution in [0.25, 0.3) is 0 Å². The van der Waals surface area contributed by atoms with Gasteiger partial charge in [-0.05, 0) is 0 Å². The van der Waals surface area contributed by atoms with Crippen molar-refractivity contribution in [3.05, 3.63) is 0 Å². The standard InChI is InChI=1S/C12H24OPS2.Mo/c13-14(15)16(11-7-3-1-4-8-11)12-9-5-2-6-10-12;/h11-13,15H,1-10H2;/q+1;-1. The molecular weight excluding hydrogens is 351 g/mol. The summed E-state index contributed by atoms with van der Waals surface area (Å²) in [5.74, 6) is 0. The van der Waals surface area contributed by atoms with Gasteiger partial charge in [-0.2, -0.15) is 0 Å². The van der Waals surface area contributed by atoms with Gasteiger partial charge in [0.05, 0.1) is 0 Å². The molecule has 0 aromatic rings. The molecule has 2 rings (SSSR count). The van der Waals surface area contributed by atoms with Crippen molar-refractivity contribution in [1.82, 2.24) is 0 Å². The Kier molecular flexibility index (Phi) is 6.23. The Balaban J connectivity index is 2.18. The third-order valence-electron chi connectivity index (χ3n) is 4.06. The van der Waals surface area contributed by atoms with Gasteiger partial charge in [0.1, 0.15) is 0 Å². The number of thiol groups is 1. The van der Waals surface area contributed by atoms with Gasteiger partial charge in [0.2, 0.25) is 0 Å². The van der Waals surface area contributed by atoms with E-state index in [0.717, 1.165) is 10.5 Å². The van der Waals surface area contributed by atoms with Gasteiger partial charge >= 0.3 is 125 Å². The maximum absolute atomic E-state index is 10.6. The second-order valence-electron chi connectivity index (χ2n) is 5.36. The van der Waals surface area contributed by atoms with Crippen LogP contribution in [0.2, 0.25) is 0 Å². The van der Waals surface area contributed by atoms with Crippen LogP contribution in [0.3, 0.4) is 0 Å². The summed E-state index contributed by atoms with van der Waals surface area (Å²) in [5, 5.41) is 1.60. The van der Waals surface area contributed by atoms with Gasteiger partial charge in [-0.15, -0.1) is 0 Å². The van der Waals surface area contributed by atoms with Crippen LogP contribution < -0.4 is 0 Å². The molecular formula is C12H24MoOPS2. The molecule has 1 nitrogen and oxygen atoms in total. The summed E-state index contributed by atoms with van der Waals surface area (Å²) in [4.78, 5) is 10.6. The molecule has 0 radical (unpaired) electrons. The molecule has 2 aliphatic rings. The number of hydrogen-bond donors (Lipinski definition) is 2. The zero-order valence-corrected chi connectivity index (χ0v) is 15.0. The quantitative estimate of drug-likeness (QED) is 0.416. The molecule has 1 atom stereocenters. The Morgan fingerprint density at radius 2 is 1.24 bits per heavy atom. The summed E-state index contributed by atoms with van der Waals surface area (Å²) in [5.41, 5.74) is 0. The molecule has 2 saturated carbocycles. The molecule has 5 heteroatoms. The van der Waals surface area contributed by atoms with E-state index in [9.17, 15) is 4.89 Å². The third-order valence-corrected chi connectivity index (χ3v) is 15.9. The third kappa shape index (κ3) is 4.38. The molecule has 0 saturated heterocycles. The average Bonchev–Trinajstić information content (AvgIpc) is 2.30. The summed E-state index contributed by atoms with van der Waals surface area (Å²) >= 11 is 6.62. The Morgan fingerprint density at radius 1 is 0.882 bits per heavy atom. The van der Waals surface area contributed by atoms with Crippen LogP contribution >= 0.6 is 15.8 Å². The van der Waals surface area contributed by atoms with Crippen LogP contribution in [-0.4, -0.2) is 15.4 Å². The van der Waals surface area contributed by atoms with E-state index >= 15 is 0 Å². The summed E-state index contributed by atoms with van der Waals surface area (Å²) in [6, 6.07) is 0. The Bertz CT molecular complexity index is 275. The summed E-state index contributed by atoms with van der Waals surface area (Å²) in [7, 11) is 0.221. The molecule has 0 aliphatic heterocycles. The van der Waals surface area contributed by atoms with E-state index in [1.54, 1.807) is 0 Å². The minimum absolute atomic E-state index is 0.221. The molecule has 17 heavy (non-hydrogen) atoms. The van der Waals surface area contributed by atoms with Crippen molar-refractivity contribution in [2.24, 2.45) is 0 Å². The molecule has 1 unspecified atom stereocenters. The van der Waals surface area contributed by atoms with E-state index in [-0.39, 0.29) is 10.1 Å². The van der Waals surface area contributed by atoms with Crippen LogP contribution in [0.5, 0.6) is 0 Å². The summed E-state index contributed by atoms with van der Waals surface area (Å²) in [6.45, 7) is 0. The zero-order chi connectivity index (χ0) is 12.3. The van der Waals surface area contributed by atoms with Gasteiger partial charge in [-0.25, -0.2) is 0 Å². The van der Waals surface area contributed by atoms with E-state index in [0.29, 0.717) is 0 Å². The van der Waals surface area contributed by atoms with Gasteiger partial charge < -0.3 is 0 Å². The van der Waals surface area contributed by atoms with Crippen LogP contribution in [0.4, 0.5) is 0 Å². The topological polar surface area (TPSA) is 20.2 Å². The van der Waals surface area contributed by atoms with E-state index in [2.05, 4.69) is 12.2 Å². The Hall–Kier alpha value is 1.78.